The van der Waals surface area contributed by atoms with E-state index in [4.69, 9.17) is 0 Å². The van der Waals surface area contributed by atoms with E-state index in [2.05, 4.69) is 14.7 Å². The highest BCUT2D eigenvalue weighted by molar-refractivity contribution is 4.69. The smallest absolute Gasteiger partial charge is 0.303 e. The average Bonchev–Trinajstić information content (AvgIpc) is 1.87. The Bertz CT molecular complexity index is 145. The van der Waals surface area contributed by atoms with Gasteiger partial charge in [0.2, 0.25) is 0 Å². The van der Waals surface area contributed by atoms with Gasteiger partial charge in [0, 0.05) is 0 Å². The average molecular weight is 102 g/mol. The largest absolute Gasteiger partial charge is 0.405 e. The molecule has 1 rings (SSSR count). The highest BCUT2D eigenvalue weighted by atomic mass is 19.1. The summed E-state index contributed by atoms with van der Waals surface area (Å²) in [6.07, 6.45) is -0.877. The molecule has 0 N–H and O–H groups in total. The van der Waals surface area contributed by atoms with E-state index in [1.165, 1.54) is 0 Å². The molecule has 0 aliphatic carbocycles. The normalized spacial score (nSPS) is 9.43. The third-order valence-electron chi connectivity index (χ3n) is 0.503. The fourth-order valence-corrected chi connectivity index (χ4v) is 0.272. The summed E-state index contributed by atoms with van der Waals surface area (Å²) in [6, 6.07) is 0. The summed E-state index contributed by atoms with van der Waals surface area (Å²) in [4.78, 5) is 3.17. The number of hydrogen-bond acceptors (Lipinski definition) is 3. The fourth-order valence-electron chi connectivity index (χ4n) is 0.272. The number of halogens is 1. The van der Waals surface area contributed by atoms with Crippen LogP contribution in [0.15, 0.2) is 4.52 Å². The molecule has 0 bridgehead atoms. The second-order valence-electron chi connectivity index (χ2n) is 1.09. The molecule has 0 aromatic carbocycles. The first-order valence-corrected chi connectivity index (χ1v) is 1.75. The zero-order valence-electron chi connectivity index (χ0n) is 3.68. The lowest BCUT2D eigenvalue weighted by molar-refractivity contribution is 0.268. The predicted molar refractivity (Wildman–Crippen MR) is 19.0 cm³/mol. The van der Waals surface area contributed by atoms with Crippen molar-refractivity contribution in [1.82, 2.24) is 10.1 Å². The molecule has 0 radical (unpaired) electrons. The Morgan fingerprint density at radius 1 is 1.71 bits per heavy atom. The molecule has 0 amide bonds. The summed E-state index contributed by atoms with van der Waals surface area (Å²) in [5.74, 6) is 0.317. The maximum atomic E-state index is 11.6. The van der Waals surface area contributed by atoms with Crippen LogP contribution in [0.5, 0.6) is 0 Å². The zero-order chi connectivity index (χ0) is 5.28. The van der Waals surface area contributed by atoms with Crippen molar-refractivity contribution in [3.05, 3.63) is 12.0 Å². The summed E-state index contributed by atoms with van der Waals surface area (Å²) in [6.45, 7) is 1.55. The number of aromatic nitrogens is 2. The van der Waals surface area contributed by atoms with Crippen LogP contribution in [0.1, 0.15) is 5.82 Å². The Morgan fingerprint density at radius 2 is 2.43 bits per heavy atom. The first kappa shape index (κ1) is 4.23. The molecule has 0 aliphatic heterocycles. The van der Waals surface area contributed by atoms with Crippen molar-refractivity contribution in [2.45, 2.75) is 6.92 Å². The lowest BCUT2D eigenvalue weighted by Gasteiger charge is -1.60. The summed E-state index contributed by atoms with van der Waals surface area (Å²) < 4.78 is 15.5. The topological polar surface area (TPSA) is 38.9 Å². The summed E-state index contributed by atoms with van der Waals surface area (Å²) in [7, 11) is 0. The summed E-state index contributed by atoms with van der Waals surface area (Å²) >= 11 is 0. The minimum absolute atomic E-state index is 0.317. The number of hydrogen-bond donors (Lipinski definition) is 0. The molecule has 1 aromatic heterocycles. The molecule has 0 atom stereocenters. The Hall–Kier alpha value is -0.930. The molecule has 0 saturated carbocycles. The molecule has 7 heavy (non-hydrogen) atoms. The molecule has 3 nitrogen and oxygen atoms in total. The van der Waals surface area contributed by atoms with Gasteiger partial charge in [-0.3, -0.25) is 0 Å². The van der Waals surface area contributed by atoms with Crippen LogP contribution in [-0.2, 0) is 0 Å². The van der Waals surface area contributed by atoms with Crippen molar-refractivity contribution >= 4 is 0 Å². The van der Waals surface area contributed by atoms with Gasteiger partial charge in [-0.05, 0) is 6.92 Å². The van der Waals surface area contributed by atoms with E-state index in [1.54, 1.807) is 6.92 Å². The van der Waals surface area contributed by atoms with Crippen molar-refractivity contribution in [2.75, 3.05) is 0 Å². The number of nitrogens with zero attached hydrogens (tertiary/aromatic N) is 2. The van der Waals surface area contributed by atoms with E-state index in [-0.39, 0.29) is 0 Å². The standard InChI is InChI=1S/C3H3FN2O/c1-2-5-3(4)7-6-2/h1H3. The highest BCUT2D eigenvalue weighted by Crippen LogP contribution is 1.89. The third-order valence-corrected chi connectivity index (χ3v) is 0.503. The molecule has 0 aliphatic rings. The van der Waals surface area contributed by atoms with Gasteiger partial charge in [0.05, 0.1) is 0 Å². The van der Waals surface area contributed by atoms with E-state index in [0.29, 0.717) is 5.82 Å². The Balaban J connectivity index is 3.04. The maximum absolute atomic E-state index is 11.6. The Morgan fingerprint density at radius 3 is 2.57 bits per heavy atom. The first-order valence-electron chi connectivity index (χ1n) is 1.75. The Kier molecular flexibility index (Phi) is 0.780. The molecule has 0 spiro atoms. The van der Waals surface area contributed by atoms with Gasteiger partial charge >= 0.3 is 6.14 Å². The molecule has 0 unspecified atom stereocenters. The van der Waals surface area contributed by atoms with E-state index in [9.17, 15) is 4.39 Å². The van der Waals surface area contributed by atoms with Crippen molar-refractivity contribution in [3.63, 3.8) is 0 Å². The molecular weight excluding hydrogens is 99.0 g/mol. The minimum atomic E-state index is -0.877. The van der Waals surface area contributed by atoms with Crippen molar-refractivity contribution in [3.8, 4) is 0 Å². The van der Waals surface area contributed by atoms with Gasteiger partial charge in [0.15, 0.2) is 5.82 Å². The number of rotatable bonds is 0. The van der Waals surface area contributed by atoms with Gasteiger partial charge in [0.1, 0.15) is 0 Å². The lowest BCUT2D eigenvalue weighted by atomic mass is 10.8. The monoisotopic (exact) mass is 102 g/mol. The van der Waals surface area contributed by atoms with Crippen molar-refractivity contribution in [1.29, 1.82) is 0 Å². The molecule has 0 saturated heterocycles. The van der Waals surface area contributed by atoms with Crippen LogP contribution in [0.4, 0.5) is 4.39 Å². The minimum Gasteiger partial charge on any atom is -0.303 e. The molecule has 38 valence electrons. The van der Waals surface area contributed by atoms with E-state index < -0.39 is 6.14 Å². The lowest BCUT2D eigenvalue weighted by Crippen LogP contribution is -1.70. The van der Waals surface area contributed by atoms with Crippen LogP contribution in [0.2, 0.25) is 0 Å². The van der Waals surface area contributed by atoms with Crippen molar-refractivity contribution < 1.29 is 8.91 Å². The van der Waals surface area contributed by atoms with E-state index >= 15 is 0 Å². The van der Waals surface area contributed by atoms with Crippen LogP contribution in [0.3, 0.4) is 0 Å². The van der Waals surface area contributed by atoms with E-state index in [0.717, 1.165) is 0 Å². The SMILES string of the molecule is Cc1noc(F)n1. The predicted octanol–water partition coefficient (Wildman–Crippen LogP) is 0.517. The Labute approximate surface area is 39.1 Å². The van der Waals surface area contributed by atoms with Crippen LogP contribution in [0.25, 0.3) is 0 Å². The second-order valence-corrected chi connectivity index (χ2v) is 1.09. The van der Waals surface area contributed by atoms with Crippen LogP contribution in [0, 0.1) is 13.1 Å². The molecule has 1 heterocycles. The van der Waals surface area contributed by atoms with Crippen molar-refractivity contribution in [2.24, 2.45) is 0 Å². The van der Waals surface area contributed by atoms with Gasteiger partial charge in [-0.2, -0.15) is 4.98 Å². The molecular formula is C3H3FN2O. The highest BCUT2D eigenvalue weighted by Gasteiger charge is 1.94. The van der Waals surface area contributed by atoms with Gasteiger partial charge in [-0.15, -0.1) is 4.39 Å². The van der Waals surface area contributed by atoms with Gasteiger partial charge in [0.25, 0.3) is 0 Å². The molecule has 1 aromatic rings. The second kappa shape index (κ2) is 1.29. The fraction of sp³-hybridized carbons (Fsp3) is 0.333. The van der Waals surface area contributed by atoms with E-state index in [1.807, 2.05) is 0 Å². The van der Waals surface area contributed by atoms with Gasteiger partial charge < -0.3 is 4.52 Å². The maximum Gasteiger partial charge on any atom is 0.405 e. The summed E-state index contributed by atoms with van der Waals surface area (Å²) in [5.41, 5.74) is 0. The van der Waals surface area contributed by atoms with Crippen LogP contribution < -0.4 is 0 Å². The third kappa shape index (κ3) is 0.734. The first-order chi connectivity index (χ1) is 3.29. The molecule has 4 heteroatoms. The van der Waals surface area contributed by atoms with Gasteiger partial charge in [-0.1, -0.05) is 5.16 Å². The number of aryl methyl sites for hydroxylation is 1. The van der Waals surface area contributed by atoms with Crippen LogP contribution in [-0.4, -0.2) is 10.1 Å². The van der Waals surface area contributed by atoms with Gasteiger partial charge in [-0.25, -0.2) is 0 Å². The van der Waals surface area contributed by atoms with Crippen LogP contribution >= 0.6 is 0 Å². The quantitative estimate of drug-likeness (QED) is 0.479. The summed E-state index contributed by atoms with van der Waals surface area (Å²) in [5, 5.41) is 3.16. The zero-order valence-corrected chi connectivity index (χ0v) is 3.68. The molecule has 0 fully saturated rings.